The Balaban J connectivity index is 2.70. The Bertz CT molecular complexity index is 600. The molecule has 0 saturated heterocycles. The molecule has 1 aliphatic rings. The predicted octanol–water partition coefficient (Wildman–Crippen LogP) is 1.49. The lowest BCUT2D eigenvalue weighted by atomic mass is 9.64. The molecule has 0 heterocycles. The second-order valence-corrected chi connectivity index (χ2v) is 7.30. The van der Waals surface area contributed by atoms with E-state index in [0.29, 0.717) is 22.9 Å². The number of nitrogens with two attached hydrogens (primary N) is 1. The molecule has 0 unspecified atom stereocenters. The molecule has 20 heavy (non-hydrogen) atoms. The number of methoxy groups -OCH3 is 2. The van der Waals surface area contributed by atoms with Crippen molar-refractivity contribution in [1.82, 2.24) is 0 Å². The van der Waals surface area contributed by atoms with E-state index in [1.807, 2.05) is 0 Å². The summed E-state index contributed by atoms with van der Waals surface area (Å²) in [4.78, 5) is 0.292. The third-order valence-electron chi connectivity index (χ3n) is 4.16. The average Bonchev–Trinajstić information content (AvgIpc) is 2.36. The molecule has 0 bridgehead atoms. The van der Waals surface area contributed by atoms with Crippen LogP contribution in [0.25, 0.3) is 0 Å². The molecule has 0 radical (unpaired) electrons. The highest BCUT2D eigenvalue weighted by Gasteiger charge is 2.41. The zero-order chi connectivity index (χ0) is 15.0. The van der Waals surface area contributed by atoms with Gasteiger partial charge in [0.05, 0.1) is 19.1 Å². The van der Waals surface area contributed by atoms with Crippen LogP contribution in [-0.4, -0.2) is 35.4 Å². The summed E-state index contributed by atoms with van der Waals surface area (Å²) in [5, 5.41) is 0. The average molecular weight is 299 g/mol. The van der Waals surface area contributed by atoms with Crippen molar-refractivity contribution < 1.29 is 17.9 Å². The highest BCUT2D eigenvalue weighted by molar-refractivity contribution is 7.90. The molecule has 1 aliphatic carbocycles. The fourth-order valence-corrected chi connectivity index (χ4v) is 3.76. The van der Waals surface area contributed by atoms with E-state index in [2.05, 4.69) is 0 Å². The zero-order valence-electron chi connectivity index (χ0n) is 12.1. The van der Waals surface area contributed by atoms with Crippen LogP contribution < -0.4 is 15.2 Å². The lowest BCUT2D eigenvalue weighted by Crippen LogP contribution is -2.42. The van der Waals surface area contributed by atoms with Gasteiger partial charge in [-0.3, -0.25) is 0 Å². The number of hydrogen-bond donors (Lipinski definition) is 1. The lowest BCUT2D eigenvalue weighted by Gasteiger charge is -2.42. The molecule has 5 nitrogen and oxygen atoms in total. The molecule has 0 aromatic heterocycles. The molecule has 1 saturated carbocycles. The Morgan fingerprint density at radius 3 is 2.10 bits per heavy atom. The van der Waals surface area contributed by atoms with Gasteiger partial charge in [-0.1, -0.05) is 6.42 Å². The molecule has 0 spiro atoms. The molecule has 0 amide bonds. The van der Waals surface area contributed by atoms with Crippen LogP contribution in [0.3, 0.4) is 0 Å². The third-order valence-corrected chi connectivity index (χ3v) is 5.29. The van der Waals surface area contributed by atoms with Gasteiger partial charge in [0.15, 0.2) is 21.3 Å². The Morgan fingerprint density at radius 1 is 1.20 bits per heavy atom. The largest absolute Gasteiger partial charge is 0.493 e. The van der Waals surface area contributed by atoms with Gasteiger partial charge in [0.2, 0.25) is 0 Å². The summed E-state index contributed by atoms with van der Waals surface area (Å²) < 4.78 is 34.7. The molecule has 2 N–H and O–H groups in total. The maximum absolute atomic E-state index is 12.1. The fourth-order valence-electron chi connectivity index (χ4n) is 2.77. The second-order valence-electron chi connectivity index (χ2n) is 5.31. The normalized spacial score (nSPS) is 17.4. The first-order chi connectivity index (χ1) is 9.38. The predicted molar refractivity (Wildman–Crippen MR) is 77.2 cm³/mol. The maximum Gasteiger partial charge on any atom is 0.175 e. The molecule has 6 heteroatoms. The van der Waals surface area contributed by atoms with Crippen LogP contribution in [0.15, 0.2) is 17.0 Å². The number of hydrogen-bond acceptors (Lipinski definition) is 5. The van der Waals surface area contributed by atoms with Crippen molar-refractivity contribution >= 4 is 9.84 Å². The molecule has 1 fully saturated rings. The monoisotopic (exact) mass is 299 g/mol. The van der Waals surface area contributed by atoms with Crippen molar-refractivity contribution in [1.29, 1.82) is 0 Å². The summed E-state index contributed by atoms with van der Waals surface area (Å²) in [6.07, 6.45) is 4.08. The number of rotatable bonds is 5. The van der Waals surface area contributed by atoms with Crippen LogP contribution in [0.2, 0.25) is 0 Å². The van der Waals surface area contributed by atoms with E-state index in [0.717, 1.165) is 24.8 Å². The molecule has 0 atom stereocenters. The summed E-state index contributed by atoms with van der Waals surface area (Å²) in [7, 11) is -0.321. The van der Waals surface area contributed by atoms with E-state index < -0.39 is 9.84 Å². The van der Waals surface area contributed by atoms with Crippen molar-refractivity contribution in [3.8, 4) is 11.5 Å². The van der Waals surface area contributed by atoms with Gasteiger partial charge in [-0.05, 0) is 24.5 Å². The van der Waals surface area contributed by atoms with Gasteiger partial charge in [-0.15, -0.1) is 0 Å². The lowest BCUT2D eigenvalue weighted by molar-refractivity contribution is 0.246. The number of sulfone groups is 1. The van der Waals surface area contributed by atoms with Gasteiger partial charge in [-0.25, -0.2) is 8.42 Å². The Hall–Kier alpha value is -1.27. The Kier molecular flexibility index (Phi) is 3.97. The van der Waals surface area contributed by atoms with Crippen molar-refractivity contribution in [2.45, 2.75) is 29.6 Å². The van der Waals surface area contributed by atoms with E-state index in [4.69, 9.17) is 15.2 Å². The van der Waals surface area contributed by atoms with Gasteiger partial charge in [0.25, 0.3) is 0 Å². The molecule has 1 aromatic rings. The first-order valence-corrected chi connectivity index (χ1v) is 8.44. The highest BCUT2D eigenvalue weighted by atomic mass is 32.2. The van der Waals surface area contributed by atoms with Gasteiger partial charge in [0.1, 0.15) is 0 Å². The number of benzene rings is 1. The van der Waals surface area contributed by atoms with Crippen molar-refractivity contribution in [2.24, 2.45) is 5.73 Å². The van der Waals surface area contributed by atoms with Gasteiger partial charge < -0.3 is 15.2 Å². The minimum Gasteiger partial charge on any atom is -0.493 e. The van der Waals surface area contributed by atoms with Gasteiger partial charge in [-0.2, -0.15) is 0 Å². The van der Waals surface area contributed by atoms with Crippen LogP contribution in [0.1, 0.15) is 24.8 Å². The Labute approximate surface area is 120 Å². The summed E-state index contributed by atoms with van der Waals surface area (Å²) >= 11 is 0. The van der Waals surface area contributed by atoms with Gasteiger partial charge >= 0.3 is 0 Å². The van der Waals surface area contributed by atoms with E-state index >= 15 is 0 Å². The van der Waals surface area contributed by atoms with Crippen molar-refractivity contribution in [3.63, 3.8) is 0 Å². The fraction of sp³-hybridized carbons (Fsp3) is 0.571. The van der Waals surface area contributed by atoms with Crippen LogP contribution in [0.4, 0.5) is 0 Å². The minimum absolute atomic E-state index is 0.252. The van der Waals surface area contributed by atoms with Gasteiger partial charge in [0, 0.05) is 24.3 Å². The van der Waals surface area contributed by atoms with E-state index in [1.54, 1.807) is 12.1 Å². The standard InChI is InChI=1S/C14H21NO4S/c1-18-11-7-10(14(9-15)5-4-6-14)13(20(3,16)17)8-12(11)19-2/h7-8H,4-6,9,15H2,1-3H3. The highest BCUT2D eigenvalue weighted by Crippen LogP contribution is 2.47. The zero-order valence-corrected chi connectivity index (χ0v) is 12.9. The smallest absolute Gasteiger partial charge is 0.175 e. The molecule has 2 rings (SSSR count). The molecular weight excluding hydrogens is 278 g/mol. The van der Waals surface area contributed by atoms with Crippen molar-refractivity contribution in [3.05, 3.63) is 17.7 Å². The first-order valence-electron chi connectivity index (χ1n) is 6.54. The van der Waals surface area contributed by atoms with Crippen LogP contribution in [-0.2, 0) is 15.3 Å². The quantitative estimate of drug-likeness (QED) is 0.891. The molecule has 1 aromatic carbocycles. The SMILES string of the molecule is COc1cc(C2(CN)CCC2)c(S(C)(=O)=O)cc1OC. The third kappa shape index (κ3) is 2.38. The molecule has 0 aliphatic heterocycles. The van der Waals surface area contributed by atoms with E-state index in [9.17, 15) is 8.42 Å². The van der Waals surface area contributed by atoms with E-state index in [1.165, 1.54) is 20.5 Å². The summed E-state index contributed by atoms with van der Waals surface area (Å²) in [5.74, 6) is 0.956. The van der Waals surface area contributed by atoms with Crippen LogP contribution >= 0.6 is 0 Å². The van der Waals surface area contributed by atoms with Crippen molar-refractivity contribution in [2.75, 3.05) is 27.0 Å². The number of ether oxygens (including phenoxy) is 2. The van der Waals surface area contributed by atoms with Crippen LogP contribution in [0.5, 0.6) is 11.5 Å². The van der Waals surface area contributed by atoms with E-state index in [-0.39, 0.29) is 5.41 Å². The maximum atomic E-state index is 12.1. The van der Waals surface area contributed by atoms with Crippen LogP contribution in [0, 0.1) is 0 Å². The summed E-state index contributed by atoms with van der Waals surface area (Å²) in [5.41, 5.74) is 6.41. The molecule has 112 valence electrons. The topological polar surface area (TPSA) is 78.6 Å². The molecular formula is C14H21NO4S. The summed E-state index contributed by atoms with van der Waals surface area (Å²) in [6, 6.07) is 3.31. The second kappa shape index (κ2) is 5.26. The minimum atomic E-state index is -3.35. The Morgan fingerprint density at radius 2 is 1.75 bits per heavy atom. The first kappa shape index (κ1) is 15.1. The summed E-state index contributed by atoms with van der Waals surface area (Å²) in [6.45, 7) is 0.436.